The maximum absolute atomic E-state index is 10.8. The predicted octanol–water partition coefficient (Wildman–Crippen LogP) is 4.49. The van der Waals surface area contributed by atoms with E-state index >= 15 is 0 Å². The van der Waals surface area contributed by atoms with Gasteiger partial charge < -0.3 is 5.32 Å². The fourth-order valence-electron chi connectivity index (χ4n) is 1.85. The average molecular weight is 312 g/mol. The highest BCUT2D eigenvalue weighted by atomic mass is 35.5. The molecule has 1 unspecified atom stereocenters. The van der Waals surface area contributed by atoms with Crippen LogP contribution in [0.25, 0.3) is 0 Å². The molecule has 1 N–H and O–H groups in total. The summed E-state index contributed by atoms with van der Waals surface area (Å²) in [6.07, 6.45) is 0. The number of hydrogen-bond acceptors (Lipinski definition) is 5. The summed E-state index contributed by atoms with van der Waals surface area (Å²) >= 11 is 7.53. The molecule has 2 rings (SSSR count). The molecule has 0 radical (unpaired) electrons. The van der Waals surface area contributed by atoms with E-state index in [1.165, 1.54) is 6.07 Å². The molecule has 1 atom stereocenters. The summed E-state index contributed by atoms with van der Waals surface area (Å²) in [6.45, 7) is 5.75. The molecule has 0 aliphatic rings. The lowest BCUT2D eigenvalue weighted by atomic mass is 10.1. The van der Waals surface area contributed by atoms with E-state index in [0.29, 0.717) is 0 Å². The molecule has 0 fully saturated rings. The van der Waals surface area contributed by atoms with Crippen LogP contribution >= 0.6 is 22.9 Å². The number of nitrogens with zero attached hydrogens (tertiary/aromatic N) is 2. The summed E-state index contributed by atoms with van der Waals surface area (Å²) in [5.41, 5.74) is 2.42. The van der Waals surface area contributed by atoms with Gasteiger partial charge >= 0.3 is 0 Å². The van der Waals surface area contributed by atoms with Gasteiger partial charge in [-0.15, -0.1) is 11.3 Å². The van der Waals surface area contributed by atoms with Gasteiger partial charge in [0.1, 0.15) is 5.02 Å². The van der Waals surface area contributed by atoms with Gasteiger partial charge in [-0.2, -0.15) is 0 Å². The fourth-order valence-corrected chi connectivity index (χ4v) is 2.79. The van der Waals surface area contributed by atoms with E-state index in [2.05, 4.69) is 10.3 Å². The average Bonchev–Trinajstić information content (AvgIpc) is 2.79. The Hall–Kier alpha value is -1.66. The number of benzene rings is 1. The fraction of sp³-hybridized carbons (Fsp3) is 0.308. The van der Waals surface area contributed by atoms with Crippen LogP contribution in [0, 0.1) is 24.0 Å². The Bertz CT molecular complexity index is 657. The number of thiazole rings is 1. The Morgan fingerprint density at radius 3 is 2.70 bits per heavy atom. The molecular formula is C13H14ClN3O2S. The molecule has 0 spiro atoms. The van der Waals surface area contributed by atoms with Gasteiger partial charge in [-0.05, 0) is 32.4 Å². The lowest BCUT2D eigenvalue weighted by Crippen LogP contribution is -2.08. The largest absolute Gasteiger partial charge is 0.377 e. The summed E-state index contributed by atoms with van der Waals surface area (Å²) < 4.78 is 0. The molecule has 20 heavy (non-hydrogen) atoms. The van der Waals surface area contributed by atoms with Crippen LogP contribution in [-0.4, -0.2) is 9.91 Å². The number of hydrogen-bond donors (Lipinski definition) is 1. The maximum Gasteiger partial charge on any atom is 0.288 e. The number of halogens is 1. The molecule has 1 heterocycles. The topological polar surface area (TPSA) is 68.1 Å². The minimum atomic E-state index is -0.480. The number of aryl methyl sites for hydroxylation is 2. The minimum absolute atomic E-state index is 0.0103. The van der Waals surface area contributed by atoms with Crippen LogP contribution in [0.2, 0.25) is 5.02 Å². The van der Waals surface area contributed by atoms with Crippen molar-refractivity contribution in [1.29, 1.82) is 0 Å². The van der Waals surface area contributed by atoms with Crippen molar-refractivity contribution in [2.75, 3.05) is 5.32 Å². The van der Waals surface area contributed by atoms with Crippen LogP contribution in [0.4, 0.5) is 11.4 Å². The van der Waals surface area contributed by atoms with Crippen LogP contribution in [-0.2, 0) is 0 Å². The van der Waals surface area contributed by atoms with Crippen LogP contribution in [0.3, 0.4) is 0 Å². The smallest absolute Gasteiger partial charge is 0.288 e. The molecule has 1 aromatic heterocycles. The molecule has 106 valence electrons. The second-order valence-electron chi connectivity index (χ2n) is 4.53. The molecule has 5 nitrogen and oxygen atoms in total. The lowest BCUT2D eigenvalue weighted by molar-refractivity contribution is -0.384. The first kappa shape index (κ1) is 14.7. The number of nitro groups is 1. The Labute approximate surface area is 125 Å². The summed E-state index contributed by atoms with van der Waals surface area (Å²) in [5, 5.41) is 17.2. The van der Waals surface area contributed by atoms with Crippen molar-refractivity contribution in [2.45, 2.75) is 26.8 Å². The van der Waals surface area contributed by atoms with Crippen molar-refractivity contribution in [3.05, 3.63) is 48.9 Å². The maximum atomic E-state index is 10.8. The van der Waals surface area contributed by atoms with Crippen LogP contribution < -0.4 is 5.32 Å². The second-order valence-corrected chi connectivity index (χ2v) is 6.00. The van der Waals surface area contributed by atoms with Gasteiger partial charge in [0.2, 0.25) is 0 Å². The standard InChI is InChI=1S/C13H14ClN3O2S/c1-7-4-13(17(18)19)10(14)5-11(7)15-8(2)12-6-20-9(3)16-12/h4-6,8,15H,1-3H3. The number of nitrogens with one attached hydrogen (secondary N) is 1. The van der Waals surface area contributed by atoms with Gasteiger partial charge in [-0.25, -0.2) is 4.98 Å². The van der Waals surface area contributed by atoms with Crippen LogP contribution in [0.1, 0.15) is 29.2 Å². The summed E-state index contributed by atoms with van der Waals surface area (Å²) in [4.78, 5) is 14.8. The van der Waals surface area contributed by atoms with E-state index in [1.807, 2.05) is 26.2 Å². The number of anilines is 1. The van der Waals surface area contributed by atoms with Crippen molar-refractivity contribution >= 4 is 34.3 Å². The van der Waals surface area contributed by atoms with Crippen molar-refractivity contribution < 1.29 is 4.92 Å². The van der Waals surface area contributed by atoms with E-state index in [-0.39, 0.29) is 16.8 Å². The molecule has 2 aromatic rings. The molecule has 1 aromatic carbocycles. The van der Waals surface area contributed by atoms with Crippen molar-refractivity contribution in [3.63, 3.8) is 0 Å². The lowest BCUT2D eigenvalue weighted by Gasteiger charge is -2.15. The Kier molecular flexibility index (Phi) is 4.25. The zero-order valence-corrected chi connectivity index (χ0v) is 12.9. The van der Waals surface area contributed by atoms with Gasteiger partial charge in [0, 0.05) is 17.1 Å². The first-order valence-electron chi connectivity index (χ1n) is 6.01. The Morgan fingerprint density at radius 1 is 1.45 bits per heavy atom. The molecule has 0 bridgehead atoms. The van der Waals surface area contributed by atoms with Crippen molar-refractivity contribution in [2.24, 2.45) is 0 Å². The summed E-state index contributed by atoms with van der Waals surface area (Å²) in [6, 6.07) is 3.07. The van der Waals surface area contributed by atoms with Crippen molar-refractivity contribution in [3.8, 4) is 0 Å². The number of rotatable bonds is 4. The number of aromatic nitrogens is 1. The Morgan fingerprint density at radius 2 is 2.15 bits per heavy atom. The zero-order chi connectivity index (χ0) is 14.9. The third-order valence-corrected chi connectivity index (χ3v) is 4.04. The first-order chi connectivity index (χ1) is 9.38. The van der Waals surface area contributed by atoms with E-state index in [1.54, 1.807) is 17.4 Å². The highest BCUT2D eigenvalue weighted by Crippen LogP contribution is 2.32. The second kappa shape index (κ2) is 5.76. The molecule has 0 aliphatic heterocycles. The quantitative estimate of drug-likeness (QED) is 0.667. The highest BCUT2D eigenvalue weighted by molar-refractivity contribution is 7.09. The van der Waals surface area contributed by atoms with E-state index in [4.69, 9.17) is 11.6 Å². The highest BCUT2D eigenvalue weighted by Gasteiger charge is 2.17. The number of nitro benzene ring substituents is 1. The summed E-state index contributed by atoms with van der Waals surface area (Å²) in [5.74, 6) is 0. The molecule has 0 amide bonds. The van der Waals surface area contributed by atoms with Gasteiger partial charge in [0.25, 0.3) is 5.69 Å². The zero-order valence-electron chi connectivity index (χ0n) is 11.3. The molecule has 0 aliphatic carbocycles. The molecular weight excluding hydrogens is 298 g/mol. The van der Waals surface area contributed by atoms with E-state index < -0.39 is 4.92 Å². The van der Waals surface area contributed by atoms with E-state index in [9.17, 15) is 10.1 Å². The van der Waals surface area contributed by atoms with Crippen LogP contribution in [0.5, 0.6) is 0 Å². The normalized spacial score (nSPS) is 12.2. The van der Waals surface area contributed by atoms with Gasteiger partial charge in [-0.1, -0.05) is 11.6 Å². The van der Waals surface area contributed by atoms with Gasteiger partial charge in [0.15, 0.2) is 0 Å². The first-order valence-corrected chi connectivity index (χ1v) is 7.27. The van der Waals surface area contributed by atoms with Gasteiger partial charge in [-0.3, -0.25) is 10.1 Å². The minimum Gasteiger partial charge on any atom is -0.377 e. The van der Waals surface area contributed by atoms with E-state index in [0.717, 1.165) is 22.0 Å². The third-order valence-electron chi connectivity index (χ3n) is 2.94. The van der Waals surface area contributed by atoms with Crippen LogP contribution in [0.15, 0.2) is 17.5 Å². The molecule has 0 saturated heterocycles. The summed E-state index contributed by atoms with van der Waals surface area (Å²) in [7, 11) is 0. The molecule has 7 heteroatoms. The van der Waals surface area contributed by atoms with Gasteiger partial charge in [0.05, 0.1) is 21.7 Å². The third kappa shape index (κ3) is 3.08. The monoisotopic (exact) mass is 311 g/mol. The Balaban J connectivity index is 2.25. The molecule has 0 saturated carbocycles. The SMILES string of the molecule is Cc1nc(C(C)Nc2cc(Cl)c([N+](=O)[O-])cc2C)cs1. The van der Waals surface area contributed by atoms with Crippen molar-refractivity contribution in [1.82, 2.24) is 4.98 Å². The predicted molar refractivity (Wildman–Crippen MR) is 81.7 cm³/mol.